The third kappa shape index (κ3) is 3.79. The number of tetrazole rings is 1. The first-order chi connectivity index (χ1) is 13.9. The Morgan fingerprint density at radius 3 is 2.86 bits per heavy atom. The largest absolute Gasteiger partial charge is 0.383 e. The number of carbonyl (C=O) groups is 1. The van der Waals surface area contributed by atoms with Crippen molar-refractivity contribution in [3.05, 3.63) is 44.6 Å². The molecule has 13 nitrogen and oxygen atoms in total. The van der Waals surface area contributed by atoms with Gasteiger partial charge in [-0.3, -0.25) is 23.4 Å². The van der Waals surface area contributed by atoms with Crippen molar-refractivity contribution in [3.63, 3.8) is 0 Å². The van der Waals surface area contributed by atoms with Gasteiger partial charge in [-0.1, -0.05) is 5.21 Å². The molecule has 29 heavy (non-hydrogen) atoms. The number of aromatic amines is 1. The van der Waals surface area contributed by atoms with Crippen LogP contribution < -0.4 is 22.3 Å². The molecule has 0 aliphatic heterocycles. The normalized spacial score (nSPS) is 13.6. The molecule has 0 atom stereocenters. The summed E-state index contributed by atoms with van der Waals surface area (Å²) in [6.45, 7) is 0.770. The summed E-state index contributed by atoms with van der Waals surface area (Å²) in [4.78, 5) is 37.7. The number of carbonyl (C=O) groups excluding carboxylic acids is 1. The molecule has 0 saturated heterocycles. The first-order valence-corrected chi connectivity index (χ1v) is 9.09. The second-order valence-electron chi connectivity index (χ2n) is 6.99. The van der Waals surface area contributed by atoms with Gasteiger partial charge in [0, 0.05) is 32.8 Å². The lowest BCUT2D eigenvalue weighted by atomic mass is 10.3. The molecule has 13 heteroatoms. The molecular weight excluding hydrogens is 380 g/mol. The van der Waals surface area contributed by atoms with Gasteiger partial charge in [0.2, 0.25) is 0 Å². The molecule has 0 spiro atoms. The van der Waals surface area contributed by atoms with Crippen molar-refractivity contribution in [2.24, 2.45) is 13.0 Å². The highest BCUT2D eigenvalue weighted by atomic mass is 16.2. The fourth-order valence-electron chi connectivity index (χ4n) is 2.91. The predicted octanol–water partition coefficient (Wildman–Crippen LogP) is -1.26. The number of nitrogens with zero attached hydrogens (tertiary/aromatic N) is 7. The maximum atomic E-state index is 12.7. The molecular formula is C16H20N10O3. The second-order valence-corrected chi connectivity index (χ2v) is 6.99. The first kappa shape index (κ1) is 18.6. The molecule has 3 aromatic rings. The van der Waals surface area contributed by atoms with Crippen LogP contribution in [0.3, 0.4) is 0 Å². The van der Waals surface area contributed by atoms with Crippen LogP contribution in [-0.2, 0) is 26.6 Å². The van der Waals surface area contributed by atoms with E-state index < -0.39 is 17.2 Å². The Morgan fingerprint density at radius 2 is 2.17 bits per heavy atom. The topological polar surface area (TPSA) is 171 Å². The number of H-pyrrole nitrogens is 1. The van der Waals surface area contributed by atoms with Gasteiger partial charge in [0.1, 0.15) is 11.5 Å². The van der Waals surface area contributed by atoms with Crippen molar-refractivity contribution in [1.29, 1.82) is 0 Å². The van der Waals surface area contributed by atoms with Crippen molar-refractivity contribution in [1.82, 2.24) is 39.5 Å². The molecule has 152 valence electrons. The van der Waals surface area contributed by atoms with Gasteiger partial charge in [-0.25, -0.2) is 4.79 Å². The van der Waals surface area contributed by atoms with Gasteiger partial charge in [0.05, 0.1) is 11.8 Å². The van der Waals surface area contributed by atoms with Crippen LogP contribution in [0.25, 0.3) is 0 Å². The van der Waals surface area contributed by atoms with Crippen LogP contribution >= 0.6 is 0 Å². The predicted molar refractivity (Wildman–Crippen MR) is 101 cm³/mol. The zero-order valence-corrected chi connectivity index (χ0v) is 15.7. The summed E-state index contributed by atoms with van der Waals surface area (Å²) in [6.07, 6.45) is 5.36. The number of anilines is 2. The van der Waals surface area contributed by atoms with E-state index in [9.17, 15) is 14.4 Å². The van der Waals surface area contributed by atoms with Crippen molar-refractivity contribution < 1.29 is 4.79 Å². The van der Waals surface area contributed by atoms with Crippen LogP contribution in [0.5, 0.6) is 0 Å². The summed E-state index contributed by atoms with van der Waals surface area (Å²) >= 11 is 0. The van der Waals surface area contributed by atoms with E-state index in [1.807, 2.05) is 0 Å². The molecule has 3 aromatic heterocycles. The number of nitrogens with two attached hydrogens (primary N) is 1. The summed E-state index contributed by atoms with van der Waals surface area (Å²) < 4.78 is 3.84. The molecule has 0 unspecified atom stereocenters. The number of rotatable bonds is 7. The Labute approximate surface area is 163 Å². The van der Waals surface area contributed by atoms with E-state index in [2.05, 4.69) is 31.0 Å². The minimum atomic E-state index is -0.602. The van der Waals surface area contributed by atoms with Crippen molar-refractivity contribution in [3.8, 4) is 0 Å². The lowest BCUT2D eigenvalue weighted by Crippen LogP contribution is -2.42. The van der Waals surface area contributed by atoms with Crippen LogP contribution in [0, 0.1) is 5.92 Å². The molecule has 1 aliphatic carbocycles. The Kier molecular flexibility index (Phi) is 4.70. The fourth-order valence-corrected chi connectivity index (χ4v) is 2.91. The Bertz CT molecular complexity index is 1150. The maximum Gasteiger partial charge on any atom is 0.332 e. The number of nitrogens with one attached hydrogen (secondary N) is 2. The molecule has 1 saturated carbocycles. The number of hydrogen-bond acceptors (Lipinski definition) is 8. The van der Waals surface area contributed by atoms with Crippen LogP contribution in [0.1, 0.15) is 29.0 Å². The summed E-state index contributed by atoms with van der Waals surface area (Å²) in [5, 5.41) is 20.2. The summed E-state index contributed by atoms with van der Waals surface area (Å²) in [5.74, 6) is 0.201. The molecule has 0 radical (unpaired) electrons. The third-order valence-electron chi connectivity index (χ3n) is 4.82. The van der Waals surface area contributed by atoms with Gasteiger partial charge in [-0.15, -0.1) is 10.2 Å². The molecule has 4 N–H and O–H groups in total. The smallest absolute Gasteiger partial charge is 0.332 e. The highest BCUT2D eigenvalue weighted by molar-refractivity contribution is 6.05. The van der Waals surface area contributed by atoms with E-state index in [0.717, 1.165) is 22.0 Å². The zero-order valence-electron chi connectivity index (χ0n) is 15.7. The molecule has 1 amide bonds. The summed E-state index contributed by atoms with van der Waals surface area (Å²) in [7, 11) is 1.46. The van der Waals surface area contributed by atoms with Crippen molar-refractivity contribution in [2.75, 3.05) is 11.1 Å². The molecule has 1 fully saturated rings. The minimum absolute atomic E-state index is 0.0927. The average molecular weight is 400 g/mol. The van der Waals surface area contributed by atoms with Crippen molar-refractivity contribution >= 4 is 17.4 Å². The Morgan fingerprint density at radius 1 is 1.38 bits per heavy atom. The molecule has 3 heterocycles. The minimum Gasteiger partial charge on any atom is -0.383 e. The van der Waals surface area contributed by atoms with Gasteiger partial charge in [0.15, 0.2) is 5.82 Å². The van der Waals surface area contributed by atoms with E-state index in [1.165, 1.54) is 19.4 Å². The third-order valence-corrected chi connectivity index (χ3v) is 4.82. The Hall–Kier alpha value is -3.77. The number of nitrogen functional groups attached to an aromatic ring is 1. The first-order valence-electron chi connectivity index (χ1n) is 9.09. The Balaban J connectivity index is 1.53. The van der Waals surface area contributed by atoms with Crippen LogP contribution in [0.15, 0.2) is 22.0 Å². The highest BCUT2D eigenvalue weighted by Gasteiger charge is 2.26. The number of aromatic nitrogens is 8. The van der Waals surface area contributed by atoms with Crippen LogP contribution in [0.2, 0.25) is 0 Å². The van der Waals surface area contributed by atoms with Gasteiger partial charge in [0.25, 0.3) is 11.5 Å². The summed E-state index contributed by atoms with van der Waals surface area (Å²) in [5.41, 5.74) is 4.96. The highest BCUT2D eigenvalue weighted by Crippen LogP contribution is 2.29. The van der Waals surface area contributed by atoms with Gasteiger partial charge < -0.3 is 11.1 Å². The maximum absolute atomic E-state index is 12.7. The van der Waals surface area contributed by atoms with Crippen molar-refractivity contribution in [2.45, 2.75) is 32.4 Å². The lowest BCUT2D eigenvalue weighted by Gasteiger charge is -2.14. The second kappa shape index (κ2) is 7.33. The number of aryl methyl sites for hydroxylation is 2. The van der Waals surface area contributed by atoms with Crippen LogP contribution in [0.4, 0.5) is 11.5 Å². The number of hydrogen-bond donors (Lipinski definition) is 3. The van der Waals surface area contributed by atoms with E-state index in [0.29, 0.717) is 31.3 Å². The summed E-state index contributed by atoms with van der Waals surface area (Å²) in [6, 6.07) is 0. The SMILES string of the molecule is Cn1c(N)c(NC(=O)c2cnn(CCc3nn[nH]n3)c2)c(=O)n(CC2CC2)c1=O. The van der Waals surface area contributed by atoms with Gasteiger partial charge in [-0.05, 0) is 18.8 Å². The van der Waals surface area contributed by atoms with E-state index in [4.69, 9.17) is 5.73 Å². The molecule has 0 aromatic carbocycles. The van der Waals surface area contributed by atoms with Crippen LogP contribution in [-0.4, -0.2) is 45.4 Å². The number of amides is 1. The zero-order chi connectivity index (χ0) is 20.5. The molecule has 0 bridgehead atoms. The molecule has 1 aliphatic rings. The monoisotopic (exact) mass is 400 g/mol. The van der Waals surface area contributed by atoms with Gasteiger partial charge >= 0.3 is 5.69 Å². The fraction of sp³-hybridized carbons (Fsp3) is 0.438. The van der Waals surface area contributed by atoms with E-state index >= 15 is 0 Å². The van der Waals surface area contributed by atoms with E-state index in [1.54, 1.807) is 4.68 Å². The quantitative estimate of drug-likeness (QED) is 0.441. The van der Waals surface area contributed by atoms with Gasteiger partial charge in [-0.2, -0.15) is 10.3 Å². The lowest BCUT2D eigenvalue weighted by molar-refractivity contribution is 0.102. The average Bonchev–Trinajstić information content (AvgIpc) is 3.18. The standard InChI is InChI=1S/C16H20N10O3/c1-24-13(17)12(15(28)26(16(24)29)7-9-2-3-9)19-14(27)10-6-18-25(8-10)5-4-11-20-22-23-21-11/h6,8-9H,2-5,7,17H2,1H3,(H,19,27)(H,20,21,22,23). The van der Waals surface area contributed by atoms with E-state index in [-0.39, 0.29) is 17.1 Å². The molecule has 4 rings (SSSR count).